The van der Waals surface area contributed by atoms with Crippen LogP contribution in [0.4, 0.5) is 0 Å². The van der Waals surface area contributed by atoms with Crippen LogP contribution in [-0.2, 0) is 14.3 Å². The van der Waals surface area contributed by atoms with Gasteiger partial charge in [-0.25, -0.2) is 4.79 Å². The van der Waals surface area contributed by atoms with E-state index in [0.29, 0.717) is 18.4 Å². The minimum Gasteiger partial charge on any atom is -0.478 e. The normalized spacial score (nSPS) is 16.5. The summed E-state index contributed by atoms with van der Waals surface area (Å²) in [6.45, 7) is 0. The molecule has 1 aliphatic rings. The molecule has 1 N–H and O–H groups in total. The number of ether oxygens (including phenoxy) is 2. The Bertz CT molecular complexity index is 279. The molecule has 5 heteroatoms. The fourth-order valence-electron chi connectivity index (χ4n) is 1.26. The smallest absolute Gasteiger partial charge is 0.333 e. The maximum atomic E-state index is 10.6. The first-order chi connectivity index (χ1) is 6.69. The topological polar surface area (TPSA) is 68.1 Å². The van der Waals surface area contributed by atoms with Crippen LogP contribution in [0.5, 0.6) is 0 Å². The van der Waals surface area contributed by atoms with Crippen LogP contribution in [0.3, 0.4) is 0 Å². The van der Waals surface area contributed by atoms with Gasteiger partial charge in [-0.15, -0.1) is 0 Å². The predicted molar refractivity (Wildman–Crippen MR) is 50.2 cm³/mol. The second-order valence-electron chi connectivity index (χ2n) is 2.88. The van der Waals surface area contributed by atoms with Crippen molar-refractivity contribution in [3.05, 3.63) is 11.8 Å². The van der Waals surface area contributed by atoms with Crippen molar-refractivity contribution < 1.29 is 19.4 Å². The standard InChI is InChI=1S/C9H13NO4/c1-13-9(14-2)7-4-3-6(5-10-7)8(11)12/h5,9H,3-4H2,1-2H3,(H,11,12). The summed E-state index contributed by atoms with van der Waals surface area (Å²) in [7, 11) is 3.04. The van der Waals surface area contributed by atoms with Gasteiger partial charge in [-0.1, -0.05) is 0 Å². The first kappa shape index (κ1) is 10.9. The van der Waals surface area contributed by atoms with E-state index in [2.05, 4.69) is 4.99 Å². The summed E-state index contributed by atoms with van der Waals surface area (Å²) in [5.41, 5.74) is 1.04. The van der Waals surface area contributed by atoms with Gasteiger partial charge in [-0.3, -0.25) is 4.99 Å². The molecule has 0 saturated carbocycles. The third-order valence-corrected chi connectivity index (χ3v) is 2.01. The number of carboxylic acids is 1. The van der Waals surface area contributed by atoms with Crippen LogP contribution in [0.2, 0.25) is 0 Å². The van der Waals surface area contributed by atoms with E-state index in [1.807, 2.05) is 0 Å². The average Bonchev–Trinajstić information content (AvgIpc) is 2.20. The van der Waals surface area contributed by atoms with E-state index < -0.39 is 12.3 Å². The molecule has 0 aliphatic carbocycles. The van der Waals surface area contributed by atoms with Crippen molar-refractivity contribution in [3.8, 4) is 0 Å². The number of carbonyl (C=O) groups is 1. The number of aliphatic carboxylic acids is 1. The maximum Gasteiger partial charge on any atom is 0.333 e. The fourth-order valence-corrected chi connectivity index (χ4v) is 1.26. The fraction of sp³-hybridized carbons (Fsp3) is 0.556. The lowest BCUT2D eigenvalue weighted by molar-refractivity contribution is -0.132. The summed E-state index contributed by atoms with van der Waals surface area (Å²) in [6, 6.07) is 0. The number of nitrogens with zero attached hydrogens (tertiary/aromatic N) is 1. The second kappa shape index (κ2) is 4.88. The molecule has 0 aromatic rings. The zero-order chi connectivity index (χ0) is 10.6. The first-order valence-corrected chi connectivity index (χ1v) is 4.23. The van der Waals surface area contributed by atoms with E-state index in [0.717, 1.165) is 5.71 Å². The van der Waals surface area contributed by atoms with Crippen LogP contribution in [0.25, 0.3) is 0 Å². The summed E-state index contributed by atoms with van der Waals surface area (Å²) < 4.78 is 10.0. The van der Waals surface area contributed by atoms with Crippen LogP contribution in [-0.4, -0.2) is 37.3 Å². The summed E-state index contributed by atoms with van der Waals surface area (Å²) >= 11 is 0. The SMILES string of the molecule is COC(OC)C1=NC=C(C(=O)O)CC1. The molecule has 1 heterocycles. The van der Waals surface area contributed by atoms with Crippen LogP contribution in [0.1, 0.15) is 12.8 Å². The maximum absolute atomic E-state index is 10.6. The van der Waals surface area contributed by atoms with Gasteiger partial charge in [-0.2, -0.15) is 0 Å². The molecule has 0 aromatic carbocycles. The Morgan fingerprint density at radius 1 is 1.50 bits per heavy atom. The second-order valence-corrected chi connectivity index (χ2v) is 2.88. The van der Waals surface area contributed by atoms with Gasteiger partial charge in [0.25, 0.3) is 0 Å². The molecule has 0 spiro atoms. The van der Waals surface area contributed by atoms with Gasteiger partial charge in [-0.05, 0) is 12.8 Å². The summed E-state index contributed by atoms with van der Waals surface area (Å²) in [5, 5.41) is 8.68. The van der Waals surface area contributed by atoms with Gasteiger partial charge in [0.05, 0.1) is 11.3 Å². The monoisotopic (exact) mass is 199 g/mol. The van der Waals surface area contributed by atoms with E-state index in [1.165, 1.54) is 20.4 Å². The Kier molecular flexibility index (Phi) is 3.79. The van der Waals surface area contributed by atoms with Gasteiger partial charge in [0.15, 0.2) is 6.29 Å². The average molecular weight is 199 g/mol. The Hall–Kier alpha value is -1.20. The van der Waals surface area contributed by atoms with E-state index in [1.54, 1.807) is 0 Å². The largest absolute Gasteiger partial charge is 0.478 e. The van der Waals surface area contributed by atoms with E-state index in [9.17, 15) is 4.79 Å². The third-order valence-electron chi connectivity index (χ3n) is 2.01. The highest BCUT2D eigenvalue weighted by atomic mass is 16.7. The van der Waals surface area contributed by atoms with Crippen molar-refractivity contribution in [2.24, 2.45) is 4.99 Å². The molecule has 14 heavy (non-hydrogen) atoms. The van der Waals surface area contributed by atoms with Crippen molar-refractivity contribution in [1.82, 2.24) is 0 Å². The van der Waals surface area contributed by atoms with Gasteiger partial charge in [0, 0.05) is 20.4 Å². The molecule has 0 radical (unpaired) electrons. The van der Waals surface area contributed by atoms with Crippen LogP contribution in [0.15, 0.2) is 16.8 Å². The summed E-state index contributed by atoms with van der Waals surface area (Å²) in [4.78, 5) is 14.6. The molecule has 0 fully saturated rings. The minimum atomic E-state index is -0.917. The summed E-state index contributed by atoms with van der Waals surface area (Å²) in [5.74, 6) is -0.917. The molecule has 5 nitrogen and oxygen atoms in total. The van der Waals surface area contributed by atoms with Crippen molar-refractivity contribution >= 4 is 11.7 Å². The molecule has 1 aliphatic heterocycles. The quantitative estimate of drug-likeness (QED) is 0.680. The Balaban J connectivity index is 2.72. The molecule has 0 unspecified atom stereocenters. The highest BCUT2D eigenvalue weighted by molar-refractivity contribution is 5.94. The Labute approximate surface area is 82.0 Å². The van der Waals surface area contributed by atoms with Gasteiger partial charge in [0.1, 0.15) is 0 Å². The van der Waals surface area contributed by atoms with Gasteiger partial charge >= 0.3 is 5.97 Å². The Morgan fingerprint density at radius 2 is 2.14 bits per heavy atom. The molecular formula is C9H13NO4. The molecule has 1 rings (SSSR count). The molecule has 0 amide bonds. The van der Waals surface area contributed by atoms with Crippen LogP contribution < -0.4 is 0 Å². The van der Waals surface area contributed by atoms with Gasteiger partial charge in [0.2, 0.25) is 0 Å². The molecule has 78 valence electrons. The van der Waals surface area contributed by atoms with Crippen molar-refractivity contribution in [1.29, 1.82) is 0 Å². The Morgan fingerprint density at radius 3 is 2.50 bits per heavy atom. The lowest BCUT2D eigenvalue weighted by Crippen LogP contribution is -2.26. The van der Waals surface area contributed by atoms with E-state index in [4.69, 9.17) is 14.6 Å². The van der Waals surface area contributed by atoms with Crippen LogP contribution in [0, 0.1) is 0 Å². The number of rotatable bonds is 4. The minimum absolute atomic E-state index is 0.319. The van der Waals surface area contributed by atoms with E-state index >= 15 is 0 Å². The number of hydrogen-bond donors (Lipinski definition) is 1. The highest BCUT2D eigenvalue weighted by Crippen LogP contribution is 2.15. The third kappa shape index (κ3) is 2.40. The highest BCUT2D eigenvalue weighted by Gasteiger charge is 2.19. The number of hydrogen-bond acceptors (Lipinski definition) is 4. The lowest BCUT2D eigenvalue weighted by atomic mass is 10.1. The van der Waals surface area contributed by atoms with Crippen molar-refractivity contribution in [2.75, 3.05) is 14.2 Å². The van der Waals surface area contributed by atoms with Crippen molar-refractivity contribution in [2.45, 2.75) is 19.1 Å². The summed E-state index contributed by atoms with van der Waals surface area (Å²) in [6.07, 6.45) is 1.91. The molecule has 0 atom stereocenters. The zero-order valence-electron chi connectivity index (χ0n) is 8.19. The molecule has 0 aromatic heterocycles. The first-order valence-electron chi connectivity index (χ1n) is 4.23. The number of aliphatic imine (C=N–C) groups is 1. The molecule has 0 bridgehead atoms. The van der Waals surface area contributed by atoms with Crippen molar-refractivity contribution in [3.63, 3.8) is 0 Å². The molecule has 0 saturated heterocycles. The zero-order valence-corrected chi connectivity index (χ0v) is 8.19. The number of methoxy groups -OCH3 is 2. The van der Waals surface area contributed by atoms with Gasteiger partial charge < -0.3 is 14.6 Å². The van der Waals surface area contributed by atoms with E-state index in [-0.39, 0.29) is 0 Å². The lowest BCUT2D eigenvalue weighted by Gasteiger charge is -2.18. The van der Waals surface area contributed by atoms with Crippen LogP contribution >= 0.6 is 0 Å². The molecular weight excluding hydrogens is 186 g/mol. The number of carboxylic acid groups (broad SMARTS) is 1. The predicted octanol–water partition coefficient (Wildman–Crippen LogP) is 0.809.